The second-order valence-corrected chi connectivity index (χ2v) is 5.62. The quantitative estimate of drug-likeness (QED) is 0.597. The van der Waals surface area contributed by atoms with Crippen LogP contribution in [-0.4, -0.2) is 12.6 Å². The van der Waals surface area contributed by atoms with E-state index in [0.717, 1.165) is 17.8 Å². The van der Waals surface area contributed by atoms with Crippen LogP contribution < -0.4 is 0 Å². The van der Waals surface area contributed by atoms with Crippen molar-refractivity contribution in [2.24, 2.45) is 35.5 Å². The van der Waals surface area contributed by atoms with E-state index in [9.17, 15) is 4.79 Å². The first-order valence-corrected chi connectivity index (χ1v) is 5.85. The van der Waals surface area contributed by atoms with Crippen LogP contribution in [0.2, 0.25) is 0 Å². The summed E-state index contributed by atoms with van der Waals surface area (Å²) in [7, 11) is 0. The zero-order chi connectivity index (χ0) is 9.87. The average Bonchev–Trinajstić information content (AvgIpc) is 2.75. The molecule has 0 N–H and O–H groups in total. The maximum atomic E-state index is 11.5. The number of fused-ring (bicyclic) bond motifs is 5. The van der Waals surface area contributed by atoms with Crippen LogP contribution in [0.1, 0.15) is 26.7 Å². The molecule has 0 aromatic rings. The van der Waals surface area contributed by atoms with E-state index in [0.29, 0.717) is 18.4 Å². The van der Waals surface area contributed by atoms with Gasteiger partial charge in [-0.1, -0.05) is 13.8 Å². The fourth-order valence-electron chi connectivity index (χ4n) is 4.18. The third-order valence-electron chi connectivity index (χ3n) is 4.77. The Morgan fingerprint density at radius 1 is 1.29 bits per heavy atom. The molecule has 5 atom stereocenters. The molecule has 0 amide bonds. The maximum absolute atomic E-state index is 11.5. The number of hydrogen-bond acceptors (Lipinski definition) is 2. The lowest BCUT2D eigenvalue weighted by Gasteiger charge is -2.31. The van der Waals surface area contributed by atoms with Gasteiger partial charge in [0.25, 0.3) is 0 Å². The van der Waals surface area contributed by atoms with Gasteiger partial charge in [0, 0.05) is 5.92 Å². The lowest BCUT2D eigenvalue weighted by atomic mass is 9.71. The Hall–Kier alpha value is -0.530. The van der Waals surface area contributed by atoms with Gasteiger partial charge in [0.1, 0.15) is 0 Å². The van der Waals surface area contributed by atoms with Gasteiger partial charge in [-0.3, -0.25) is 4.79 Å². The standard InChI is InChI=1S/C12H18O2/c1-6(2)8-3-7-4-9(8)10-5-14-12(13)11(7)10/h6-11H,3-5H2,1-2H3. The van der Waals surface area contributed by atoms with E-state index in [1.54, 1.807) is 0 Å². The predicted octanol–water partition coefficient (Wildman–Crippen LogP) is 2.09. The van der Waals surface area contributed by atoms with E-state index in [1.165, 1.54) is 12.8 Å². The van der Waals surface area contributed by atoms with Gasteiger partial charge in [-0.05, 0) is 36.5 Å². The molecule has 2 nitrogen and oxygen atoms in total. The maximum Gasteiger partial charge on any atom is 0.309 e. The van der Waals surface area contributed by atoms with Crippen molar-refractivity contribution in [3.63, 3.8) is 0 Å². The van der Waals surface area contributed by atoms with Crippen LogP contribution in [0.15, 0.2) is 0 Å². The van der Waals surface area contributed by atoms with Crippen molar-refractivity contribution in [3.05, 3.63) is 0 Å². The number of rotatable bonds is 1. The first-order valence-electron chi connectivity index (χ1n) is 5.85. The van der Waals surface area contributed by atoms with Crippen molar-refractivity contribution in [3.8, 4) is 0 Å². The molecule has 1 aliphatic heterocycles. The van der Waals surface area contributed by atoms with Gasteiger partial charge in [0.2, 0.25) is 0 Å². The SMILES string of the molecule is CC(C)C1CC2CC1C1COC(=O)C21. The molecule has 0 aromatic carbocycles. The summed E-state index contributed by atoms with van der Waals surface area (Å²) in [6, 6.07) is 0. The normalized spacial score (nSPS) is 49.9. The van der Waals surface area contributed by atoms with Crippen molar-refractivity contribution in [1.82, 2.24) is 0 Å². The average molecular weight is 194 g/mol. The molecular weight excluding hydrogens is 176 g/mol. The van der Waals surface area contributed by atoms with E-state index in [-0.39, 0.29) is 11.9 Å². The minimum absolute atomic E-state index is 0.102. The van der Waals surface area contributed by atoms with Crippen LogP contribution in [0.3, 0.4) is 0 Å². The van der Waals surface area contributed by atoms with Gasteiger partial charge in [-0.25, -0.2) is 0 Å². The van der Waals surface area contributed by atoms with Crippen molar-refractivity contribution >= 4 is 5.97 Å². The molecule has 2 heteroatoms. The lowest BCUT2D eigenvalue weighted by Crippen LogP contribution is -2.30. The number of esters is 1. The Bertz CT molecular complexity index is 271. The molecule has 14 heavy (non-hydrogen) atoms. The Morgan fingerprint density at radius 3 is 2.79 bits per heavy atom. The first-order chi connectivity index (χ1) is 6.68. The number of carbonyl (C=O) groups excluding carboxylic acids is 1. The minimum atomic E-state index is 0.102. The molecule has 0 aromatic heterocycles. The third-order valence-corrected chi connectivity index (χ3v) is 4.77. The third kappa shape index (κ3) is 0.945. The minimum Gasteiger partial charge on any atom is -0.465 e. The van der Waals surface area contributed by atoms with Crippen LogP contribution in [0.4, 0.5) is 0 Å². The molecule has 2 bridgehead atoms. The van der Waals surface area contributed by atoms with Gasteiger partial charge < -0.3 is 4.74 Å². The monoisotopic (exact) mass is 194 g/mol. The number of carbonyl (C=O) groups is 1. The molecule has 0 spiro atoms. The summed E-state index contributed by atoms with van der Waals surface area (Å²) < 4.78 is 5.19. The molecule has 5 unspecified atom stereocenters. The van der Waals surface area contributed by atoms with Crippen LogP contribution in [0.5, 0.6) is 0 Å². The summed E-state index contributed by atoms with van der Waals surface area (Å²) in [6.07, 6.45) is 2.58. The Labute approximate surface area is 85.0 Å². The topological polar surface area (TPSA) is 26.3 Å². The van der Waals surface area contributed by atoms with E-state index < -0.39 is 0 Å². The van der Waals surface area contributed by atoms with E-state index >= 15 is 0 Å². The molecule has 2 saturated carbocycles. The number of ether oxygens (including phenoxy) is 1. The summed E-state index contributed by atoms with van der Waals surface area (Å²) in [5.41, 5.74) is 0. The highest BCUT2D eigenvalue weighted by atomic mass is 16.5. The highest BCUT2D eigenvalue weighted by Crippen LogP contribution is 2.59. The van der Waals surface area contributed by atoms with Crippen molar-refractivity contribution in [2.45, 2.75) is 26.7 Å². The summed E-state index contributed by atoms with van der Waals surface area (Å²) in [5.74, 6) is 4.05. The van der Waals surface area contributed by atoms with Crippen molar-refractivity contribution < 1.29 is 9.53 Å². The molecular formula is C12H18O2. The Balaban J connectivity index is 1.85. The lowest BCUT2D eigenvalue weighted by molar-refractivity contribution is -0.142. The van der Waals surface area contributed by atoms with Crippen LogP contribution in [0, 0.1) is 35.5 Å². The zero-order valence-corrected chi connectivity index (χ0v) is 8.90. The molecule has 3 aliphatic rings. The molecule has 1 saturated heterocycles. The second kappa shape index (κ2) is 2.74. The van der Waals surface area contributed by atoms with Gasteiger partial charge in [-0.15, -0.1) is 0 Å². The van der Waals surface area contributed by atoms with Crippen molar-refractivity contribution in [2.75, 3.05) is 6.61 Å². The van der Waals surface area contributed by atoms with Crippen LogP contribution >= 0.6 is 0 Å². The summed E-state index contributed by atoms with van der Waals surface area (Å²) in [4.78, 5) is 11.5. The predicted molar refractivity (Wildman–Crippen MR) is 52.5 cm³/mol. The summed E-state index contributed by atoms with van der Waals surface area (Å²) in [5, 5.41) is 0. The summed E-state index contributed by atoms with van der Waals surface area (Å²) >= 11 is 0. The van der Waals surface area contributed by atoms with E-state index in [1.807, 2.05) is 0 Å². The van der Waals surface area contributed by atoms with Crippen LogP contribution in [0.25, 0.3) is 0 Å². The molecule has 0 radical (unpaired) electrons. The summed E-state index contributed by atoms with van der Waals surface area (Å²) in [6.45, 7) is 5.35. The Kier molecular flexibility index (Phi) is 1.71. The van der Waals surface area contributed by atoms with Gasteiger partial charge in [-0.2, -0.15) is 0 Å². The Morgan fingerprint density at radius 2 is 2.07 bits per heavy atom. The van der Waals surface area contributed by atoms with E-state index in [2.05, 4.69) is 13.8 Å². The fourth-order valence-corrected chi connectivity index (χ4v) is 4.18. The van der Waals surface area contributed by atoms with Gasteiger partial charge in [0.15, 0.2) is 0 Å². The molecule has 78 valence electrons. The molecule has 3 fully saturated rings. The number of cyclic esters (lactones) is 1. The number of hydrogen-bond donors (Lipinski definition) is 0. The first kappa shape index (κ1) is 8.75. The van der Waals surface area contributed by atoms with Gasteiger partial charge >= 0.3 is 5.97 Å². The van der Waals surface area contributed by atoms with Crippen molar-refractivity contribution in [1.29, 1.82) is 0 Å². The second-order valence-electron chi connectivity index (χ2n) is 5.62. The fraction of sp³-hybridized carbons (Fsp3) is 0.917. The highest BCUT2D eigenvalue weighted by molar-refractivity contribution is 5.76. The zero-order valence-electron chi connectivity index (χ0n) is 8.90. The highest BCUT2D eigenvalue weighted by Gasteiger charge is 2.59. The van der Waals surface area contributed by atoms with E-state index in [4.69, 9.17) is 4.74 Å². The van der Waals surface area contributed by atoms with Crippen LogP contribution in [-0.2, 0) is 9.53 Å². The molecule has 3 rings (SSSR count). The smallest absolute Gasteiger partial charge is 0.309 e. The largest absolute Gasteiger partial charge is 0.465 e. The molecule has 1 heterocycles. The molecule has 2 aliphatic carbocycles. The van der Waals surface area contributed by atoms with Gasteiger partial charge in [0.05, 0.1) is 12.5 Å².